The summed E-state index contributed by atoms with van der Waals surface area (Å²) < 4.78 is 4.97. The van der Waals surface area contributed by atoms with E-state index in [9.17, 15) is 9.59 Å². The third-order valence-corrected chi connectivity index (χ3v) is 1.16. The van der Waals surface area contributed by atoms with Gasteiger partial charge in [-0.05, 0) is 13.8 Å². The Morgan fingerprint density at radius 2 is 1.75 bits per heavy atom. The molecule has 7 heteroatoms. The van der Waals surface area contributed by atoms with Crippen LogP contribution in [0.25, 0.3) is 0 Å². The molecule has 0 saturated carbocycles. The Hall–Kier alpha value is -0.850. The molecule has 0 aromatic carbocycles. The maximum atomic E-state index is 10.2. The first-order chi connectivity index (χ1) is 6.91. The van der Waals surface area contributed by atoms with Crippen molar-refractivity contribution >= 4 is 24.3 Å². The van der Waals surface area contributed by atoms with Crippen molar-refractivity contribution in [1.29, 1.82) is 0 Å². The zero-order valence-corrected chi connectivity index (χ0v) is 10.7. The first kappa shape index (κ1) is 20.5. The quantitative estimate of drug-likeness (QED) is 0.703. The molecule has 0 fully saturated rings. The Labute approximate surface area is 102 Å². The van der Waals surface area contributed by atoms with Gasteiger partial charge in [-0.15, -0.1) is 12.4 Å². The lowest BCUT2D eigenvalue weighted by Crippen LogP contribution is -2.28. The molecule has 0 unspecified atom stereocenters. The Kier molecular flexibility index (Phi) is 18.2. The summed E-state index contributed by atoms with van der Waals surface area (Å²) >= 11 is 0. The number of carboxylic acid groups (broad SMARTS) is 1. The molecular weight excluding hydrogens is 236 g/mol. The number of hydrogen-bond donors (Lipinski definition) is 2. The predicted octanol–water partition coefficient (Wildman–Crippen LogP) is 0.589. The lowest BCUT2D eigenvalue weighted by molar-refractivity contribution is -0.114. The number of rotatable bonds is 5. The van der Waals surface area contributed by atoms with Crippen molar-refractivity contribution in [3.63, 3.8) is 0 Å². The highest BCUT2D eigenvalue weighted by Gasteiger charge is 2.02. The molecule has 16 heavy (non-hydrogen) atoms. The van der Waals surface area contributed by atoms with Gasteiger partial charge in [0.25, 0.3) is 0 Å². The van der Waals surface area contributed by atoms with Crippen molar-refractivity contribution in [2.24, 2.45) is 5.73 Å². The van der Waals surface area contributed by atoms with Crippen LogP contribution in [0.15, 0.2) is 0 Å². The van der Waals surface area contributed by atoms with Crippen LogP contribution in [0.2, 0.25) is 0 Å². The van der Waals surface area contributed by atoms with Crippen LogP contribution in [0.3, 0.4) is 0 Å². The van der Waals surface area contributed by atoms with Crippen molar-refractivity contribution in [3.8, 4) is 0 Å². The Morgan fingerprint density at radius 3 is 2.06 bits per heavy atom. The molecule has 0 rings (SSSR count). The number of carbonyl (C=O) groups excluding carboxylic acids is 1. The van der Waals surface area contributed by atoms with E-state index < -0.39 is 6.09 Å². The van der Waals surface area contributed by atoms with E-state index in [1.54, 1.807) is 0 Å². The van der Waals surface area contributed by atoms with Crippen LogP contribution in [0.4, 0.5) is 4.79 Å². The standard InChI is InChI=1S/C6H14N2O3.C3H6O.ClH/c1-8(6(9)10)3-5-11-4-2-7;1-3(2)4;/h2-5,7H2,1H3,(H,9,10);1-2H3;1H. The molecule has 1 amide bonds. The fourth-order valence-corrected chi connectivity index (χ4v) is 0.483. The number of ether oxygens (including phenoxy) is 1. The van der Waals surface area contributed by atoms with E-state index in [0.717, 1.165) is 4.90 Å². The van der Waals surface area contributed by atoms with Crippen LogP contribution < -0.4 is 5.73 Å². The predicted molar refractivity (Wildman–Crippen MR) is 64.1 cm³/mol. The first-order valence-corrected chi connectivity index (χ1v) is 4.60. The molecule has 6 nitrogen and oxygen atoms in total. The fraction of sp³-hybridized carbons (Fsp3) is 0.778. The minimum absolute atomic E-state index is 0. The number of ketones is 1. The van der Waals surface area contributed by atoms with Gasteiger partial charge < -0.3 is 25.3 Å². The smallest absolute Gasteiger partial charge is 0.407 e. The number of likely N-dealkylation sites (N-methyl/N-ethyl adjacent to an activating group) is 1. The number of amides is 1. The summed E-state index contributed by atoms with van der Waals surface area (Å²) in [6.45, 7) is 4.79. The summed E-state index contributed by atoms with van der Waals surface area (Å²) in [6, 6.07) is 0. The second-order valence-corrected chi connectivity index (χ2v) is 3.01. The molecule has 0 bridgehead atoms. The maximum absolute atomic E-state index is 10.2. The molecule has 0 aliphatic heterocycles. The number of Topliss-reactive ketones (excluding diaryl/α,β-unsaturated/α-hetero) is 1. The van der Waals surface area contributed by atoms with E-state index in [0.29, 0.717) is 26.3 Å². The van der Waals surface area contributed by atoms with Gasteiger partial charge in [0.15, 0.2) is 0 Å². The van der Waals surface area contributed by atoms with Gasteiger partial charge in [-0.2, -0.15) is 0 Å². The monoisotopic (exact) mass is 256 g/mol. The topological polar surface area (TPSA) is 92.9 Å². The molecule has 0 spiro atoms. The van der Waals surface area contributed by atoms with E-state index in [1.807, 2.05) is 0 Å². The summed E-state index contributed by atoms with van der Waals surface area (Å²) in [4.78, 5) is 20.8. The number of nitrogens with two attached hydrogens (primary N) is 1. The van der Waals surface area contributed by atoms with Crippen LogP contribution >= 0.6 is 12.4 Å². The number of halogens is 1. The molecule has 0 radical (unpaired) electrons. The van der Waals surface area contributed by atoms with E-state index in [4.69, 9.17) is 15.6 Å². The van der Waals surface area contributed by atoms with Gasteiger partial charge in [-0.25, -0.2) is 4.79 Å². The Morgan fingerprint density at radius 1 is 1.31 bits per heavy atom. The summed E-state index contributed by atoms with van der Waals surface area (Å²) in [6.07, 6.45) is -0.943. The molecule has 0 aliphatic rings. The van der Waals surface area contributed by atoms with E-state index in [2.05, 4.69) is 0 Å². The Balaban J connectivity index is -0.000000292. The molecule has 3 N–H and O–H groups in total. The molecule has 0 aromatic rings. The minimum Gasteiger partial charge on any atom is -0.465 e. The normalized spacial score (nSPS) is 8.25. The van der Waals surface area contributed by atoms with Crippen LogP contribution in [0.5, 0.6) is 0 Å². The van der Waals surface area contributed by atoms with Crippen molar-refractivity contribution in [1.82, 2.24) is 4.90 Å². The number of hydrogen-bond acceptors (Lipinski definition) is 4. The highest BCUT2D eigenvalue weighted by Crippen LogP contribution is 1.83. The van der Waals surface area contributed by atoms with Gasteiger partial charge in [-0.1, -0.05) is 0 Å². The van der Waals surface area contributed by atoms with Crippen LogP contribution in [-0.4, -0.2) is 55.2 Å². The van der Waals surface area contributed by atoms with Gasteiger partial charge in [0.2, 0.25) is 0 Å². The van der Waals surface area contributed by atoms with Gasteiger partial charge in [-0.3, -0.25) is 0 Å². The summed E-state index contributed by atoms with van der Waals surface area (Å²) in [5.41, 5.74) is 5.15. The van der Waals surface area contributed by atoms with Crippen molar-refractivity contribution in [3.05, 3.63) is 0 Å². The van der Waals surface area contributed by atoms with Gasteiger partial charge in [0.1, 0.15) is 5.78 Å². The lowest BCUT2D eigenvalue weighted by atomic mass is 10.6. The SMILES string of the molecule is CC(C)=O.CN(CCOCCN)C(=O)O.Cl. The first-order valence-electron chi connectivity index (χ1n) is 4.60. The molecule has 98 valence electrons. The van der Waals surface area contributed by atoms with Gasteiger partial charge in [0, 0.05) is 20.1 Å². The number of nitrogens with zero attached hydrogens (tertiary/aromatic N) is 1. The molecule has 0 aliphatic carbocycles. The van der Waals surface area contributed by atoms with E-state index in [1.165, 1.54) is 20.9 Å². The second kappa shape index (κ2) is 14.2. The molecule has 0 aromatic heterocycles. The van der Waals surface area contributed by atoms with E-state index in [-0.39, 0.29) is 18.2 Å². The minimum atomic E-state index is -0.943. The second-order valence-electron chi connectivity index (χ2n) is 3.01. The van der Waals surface area contributed by atoms with Crippen LogP contribution in [0.1, 0.15) is 13.8 Å². The zero-order valence-electron chi connectivity index (χ0n) is 9.93. The van der Waals surface area contributed by atoms with E-state index >= 15 is 0 Å². The third kappa shape index (κ3) is 23.2. The van der Waals surface area contributed by atoms with Gasteiger partial charge in [0.05, 0.1) is 13.2 Å². The number of carbonyl (C=O) groups is 2. The van der Waals surface area contributed by atoms with Crippen molar-refractivity contribution in [2.75, 3.05) is 33.4 Å². The highest BCUT2D eigenvalue weighted by atomic mass is 35.5. The molecule has 0 saturated heterocycles. The fourth-order valence-electron chi connectivity index (χ4n) is 0.483. The average molecular weight is 257 g/mol. The maximum Gasteiger partial charge on any atom is 0.407 e. The average Bonchev–Trinajstić information content (AvgIpc) is 2.11. The molecule has 0 atom stereocenters. The highest BCUT2D eigenvalue weighted by molar-refractivity contribution is 5.85. The summed E-state index contributed by atoms with van der Waals surface area (Å²) in [5.74, 6) is 0.167. The zero-order chi connectivity index (χ0) is 12.3. The Bertz CT molecular complexity index is 186. The van der Waals surface area contributed by atoms with Crippen LogP contribution in [0, 0.1) is 0 Å². The summed E-state index contributed by atoms with van der Waals surface area (Å²) in [7, 11) is 1.49. The summed E-state index contributed by atoms with van der Waals surface area (Å²) in [5, 5.41) is 8.38. The third-order valence-electron chi connectivity index (χ3n) is 1.16. The molecular formula is C9H21ClN2O4. The lowest BCUT2D eigenvalue weighted by Gasteiger charge is -2.11. The van der Waals surface area contributed by atoms with Crippen LogP contribution in [-0.2, 0) is 9.53 Å². The van der Waals surface area contributed by atoms with Crippen molar-refractivity contribution in [2.45, 2.75) is 13.8 Å². The molecule has 0 heterocycles. The largest absolute Gasteiger partial charge is 0.465 e. The van der Waals surface area contributed by atoms with Crippen molar-refractivity contribution < 1.29 is 19.4 Å². The van der Waals surface area contributed by atoms with Gasteiger partial charge >= 0.3 is 6.09 Å².